The number of fused-ring (bicyclic) bond motifs is 1. The van der Waals surface area contributed by atoms with E-state index in [1.54, 1.807) is 65.2 Å². The summed E-state index contributed by atoms with van der Waals surface area (Å²) in [6, 6.07) is 38.7. The molecule has 0 spiro atoms. The van der Waals surface area contributed by atoms with Gasteiger partial charge < -0.3 is 0 Å². The molecule has 5 aromatic carbocycles. The maximum absolute atomic E-state index is 14.3. The molecular weight excluding hydrogens is 772 g/mol. The molecule has 1 atom stereocenters. The Morgan fingerprint density at radius 3 is 1.59 bits per heavy atom. The maximum atomic E-state index is 14.3. The molecule has 0 bridgehead atoms. The quantitative estimate of drug-likeness (QED) is 0.151. The van der Waals surface area contributed by atoms with E-state index >= 15 is 0 Å². The minimum absolute atomic E-state index is 0.0152. The molecule has 0 radical (unpaired) electrons. The Bertz CT molecular complexity index is 2000. The van der Waals surface area contributed by atoms with Gasteiger partial charge in [0, 0.05) is 53.7 Å². The minimum Gasteiger partial charge on any atom is -0.283 e. The SMILES string of the molecule is C[C@@](CN(C(=O)c1ccc(Br)cc1)C(=O)c1ccc(Br)cc1)(c1ccccc1)c1cn(C(=O)c2ccc(Br)cc2)c2ccccc12. The molecule has 6 rings (SSSR count). The summed E-state index contributed by atoms with van der Waals surface area (Å²) in [6.07, 6.45) is 1.86. The second-order valence-corrected chi connectivity index (χ2v) is 13.9. The number of para-hydroxylation sites is 1. The zero-order valence-corrected chi connectivity index (χ0v) is 29.4. The number of halogens is 3. The molecule has 0 saturated heterocycles. The largest absolute Gasteiger partial charge is 0.283 e. The number of benzene rings is 5. The van der Waals surface area contributed by atoms with Gasteiger partial charge in [-0.25, -0.2) is 0 Å². The van der Waals surface area contributed by atoms with Gasteiger partial charge in [0.05, 0.1) is 5.52 Å². The molecule has 0 aliphatic carbocycles. The Hall–Kier alpha value is -4.11. The predicted octanol–water partition coefficient (Wildman–Crippen LogP) is 9.91. The second kappa shape index (κ2) is 13.3. The highest BCUT2D eigenvalue weighted by Crippen LogP contribution is 2.39. The number of hydrogen-bond acceptors (Lipinski definition) is 3. The van der Waals surface area contributed by atoms with E-state index in [0.29, 0.717) is 16.7 Å². The Balaban J connectivity index is 1.54. The third-order valence-corrected chi connectivity index (χ3v) is 9.76. The Labute approximate surface area is 292 Å². The van der Waals surface area contributed by atoms with Crippen molar-refractivity contribution in [3.8, 4) is 0 Å². The molecule has 0 saturated carbocycles. The summed E-state index contributed by atoms with van der Waals surface area (Å²) in [6.45, 7) is 2.04. The zero-order chi connectivity index (χ0) is 32.4. The van der Waals surface area contributed by atoms with Crippen molar-refractivity contribution in [2.75, 3.05) is 6.54 Å². The van der Waals surface area contributed by atoms with Crippen molar-refractivity contribution in [3.63, 3.8) is 0 Å². The average Bonchev–Trinajstić information content (AvgIpc) is 3.48. The Morgan fingerprint density at radius 2 is 1.07 bits per heavy atom. The van der Waals surface area contributed by atoms with Crippen molar-refractivity contribution < 1.29 is 14.4 Å². The second-order valence-electron chi connectivity index (χ2n) is 11.2. The van der Waals surface area contributed by atoms with Gasteiger partial charge in [0.15, 0.2) is 0 Å². The number of nitrogens with zero attached hydrogens (tertiary/aromatic N) is 2. The highest BCUT2D eigenvalue weighted by atomic mass is 79.9. The standard InChI is InChI=1S/C38H27Br3N2O3/c1-38(28-7-3-2-4-8-28,33-23-42(34-10-6-5-9-32(33)34)35(44)25-11-17-29(39)18-12-25)24-43(36(45)26-13-19-30(40)20-14-26)37(46)27-15-21-31(41)22-16-27/h2-23H,24H2,1H3/t38-/m1/s1. The van der Waals surface area contributed by atoms with Crippen LogP contribution in [0.2, 0.25) is 0 Å². The van der Waals surface area contributed by atoms with Crippen molar-refractivity contribution in [1.82, 2.24) is 9.47 Å². The monoisotopic (exact) mass is 796 g/mol. The third-order valence-electron chi connectivity index (χ3n) is 8.17. The number of aromatic nitrogens is 1. The van der Waals surface area contributed by atoms with Crippen molar-refractivity contribution in [2.45, 2.75) is 12.3 Å². The molecule has 0 unspecified atom stereocenters. The molecule has 1 heterocycles. The first-order chi connectivity index (χ1) is 22.2. The molecular formula is C38H27Br3N2O3. The molecule has 8 heteroatoms. The van der Waals surface area contributed by atoms with Crippen LogP contribution in [0.25, 0.3) is 10.9 Å². The van der Waals surface area contributed by atoms with Crippen LogP contribution >= 0.6 is 47.8 Å². The summed E-state index contributed by atoms with van der Waals surface area (Å²) in [5.41, 5.74) is 2.84. The normalized spacial score (nSPS) is 12.4. The van der Waals surface area contributed by atoms with Gasteiger partial charge >= 0.3 is 0 Å². The van der Waals surface area contributed by atoms with Crippen LogP contribution in [0.4, 0.5) is 0 Å². The number of amides is 2. The fourth-order valence-corrected chi connectivity index (χ4v) is 6.50. The first-order valence-electron chi connectivity index (χ1n) is 14.5. The summed E-state index contributed by atoms with van der Waals surface area (Å²) in [7, 11) is 0. The van der Waals surface area contributed by atoms with Gasteiger partial charge in [-0.3, -0.25) is 23.9 Å². The predicted molar refractivity (Wildman–Crippen MR) is 192 cm³/mol. The average molecular weight is 799 g/mol. The fourth-order valence-electron chi connectivity index (χ4n) is 5.71. The molecule has 1 aromatic heterocycles. The van der Waals surface area contributed by atoms with Gasteiger partial charge in [-0.15, -0.1) is 0 Å². The molecule has 6 aromatic rings. The molecule has 0 fully saturated rings. The van der Waals surface area contributed by atoms with Crippen LogP contribution < -0.4 is 0 Å². The summed E-state index contributed by atoms with van der Waals surface area (Å²) < 4.78 is 4.19. The molecule has 2 amide bonds. The van der Waals surface area contributed by atoms with E-state index in [9.17, 15) is 14.4 Å². The van der Waals surface area contributed by atoms with Gasteiger partial charge in [-0.1, -0.05) is 96.3 Å². The Kier molecular flexibility index (Phi) is 9.22. The minimum atomic E-state index is -0.915. The lowest BCUT2D eigenvalue weighted by atomic mass is 9.75. The molecule has 228 valence electrons. The lowest BCUT2D eigenvalue weighted by Crippen LogP contribution is -2.46. The topological polar surface area (TPSA) is 59.4 Å². The van der Waals surface area contributed by atoms with Crippen molar-refractivity contribution in [2.24, 2.45) is 0 Å². The summed E-state index contributed by atoms with van der Waals surface area (Å²) in [5.74, 6) is -1.02. The van der Waals surface area contributed by atoms with Crippen LogP contribution in [0, 0.1) is 0 Å². The van der Waals surface area contributed by atoms with Crippen LogP contribution in [0.5, 0.6) is 0 Å². The van der Waals surface area contributed by atoms with Crippen molar-refractivity contribution in [1.29, 1.82) is 0 Å². The molecule has 0 N–H and O–H groups in total. The van der Waals surface area contributed by atoms with Crippen LogP contribution in [-0.2, 0) is 5.41 Å². The van der Waals surface area contributed by atoms with E-state index in [1.165, 1.54) is 4.90 Å². The number of carbonyl (C=O) groups is 3. The van der Waals surface area contributed by atoms with Gasteiger partial charge in [-0.2, -0.15) is 0 Å². The van der Waals surface area contributed by atoms with E-state index in [4.69, 9.17) is 0 Å². The first-order valence-corrected chi connectivity index (χ1v) is 16.9. The maximum Gasteiger partial charge on any atom is 0.262 e. The number of hydrogen-bond donors (Lipinski definition) is 0. The fraction of sp³-hybridized carbons (Fsp3) is 0.0789. The van der Waals surface area contributed by atoms with E-state index in [0.717, 1.165) is 35.4 Å². The number of carbonyl (C=O) groups excluding carboxylic acids is 3. The van der Waals surface area contributed by atoms with Crippen LogP contribution in [0.1, 0.15) is 49.1 Å². The number of imide groups is 1. The Morgan fingerprint density at radius 1 is 0.609 bits per heavy atom. The van der Waals surface area contributed by atoms with Gasteiger partial charge in [-0.05, 0) is 96.9 Å². The summed E-state index contributed by atoms with van der Waals surface area (Å²) in [5, 5.41) is 0.853. The van der Waals surface area contributed by atoms with Gasteiger partial charge in [0.2, 0.25) is 0 Å². The lowest BCUT2D eigenvalue weighted by molar-refractivity contribution is 0.0590. The van der Waals surface area contributed by atoms with E-state index in [2.05, 4.69) is 47.8 Å². The van der Waals surface area contributed by atoms with Gasteiger partial charge in [0.25, 0.3) is 17.7 Å². The smallest absolute Gasteiger partial charge is 0.262 e. The third kappa shape index (κ3) is 6.30. The van der Waals surface area contributed by atoms with Crippen LogP contribution in [0.15, 0.2) is 147 Å². The van der Waals surface area contributed by atoms with Gasteiger partial charge in [0.1, 0.15) is 0 Å². The van der Waals surface area contributed by atoms with Crippen molar-refractivity contribution in [3.05, 3.63) is 175 Å². The summed E-state index contributed by atoms with van der Waals surface area (Å²) in [4.78, 5) is 43.8. The highest BCUT2D eigenvalue weighted by Gasteiger charge is 2.39. The van der Waals surface area contributed by atoms with E-state index in [-0.39, 0.29) is 12.5 Å². The van der Waals surface area contributed by atoms with Crippen molar-refractivity contribution >= 4 is 76.4 Å². The molecule has 46 heavy (non-hydrogen) atoms. The molecule has 0 aliphatic rings. The summed E-state index contributed by atoms with van der Waals surface area (Å²) >= 11 is 10.3. The number of rotatable bonds is 7. The lowest BCUT2D eigenvalue weighted by Gasteiger charge is -2.35. The van der Waals surface area contributed by atoms with E-state index in [1.807, 2.05) is 79.9 Å². The highest BCUT2D eigenvalue weighted by molar-refractivity contribution is 9.11. The van der Waals surface area contributed by atoms with Crippen LogP contribution in [-0.4, -0.2) is 33.7 Å². The van der Waals surface area contributed by atoms with Crippen LogP contribution in [0.3, 0.4) is 0 Å². The molecule has 0 aliphatic heterocycles. The zero-order valence-electron chi connectivity index (χ0n) is 24.7. The van der Waals surface area contributed by atoms with E-state index < -0.39 is 17.2 Å². The first kappa shape index (κ1) is 31.9. The molecule has 5 nitrogen and oxygen atoms in total.